The lowest BCUT2D eigenvalue weighted by molar-refractivity contribution is -0.432. The summed E-state index contributed by atoms with van der Waals surface area (Å²) < 4.78 is 47.2. The number of aromatic hydroxyl groups is 1. The van der Waals surface area contributed by atoms with Crippen molar-refractivity contribution in [2.75, 3.05) is 16.0 Å². The fourth-order valence-electron chi connectivity index (χ4n) is 8.30. The predicted molar refractivity (Wildman–Crippen MR) is 261 cm³/mol. The minimum absolute atomic E-state index is 0.0145. The molecule has 0 atom stereocenters. The first-order valence-corrected chi connectivity index (χ1v) is 24.0. The van der Waals surface area contributed by atoms with Gasteiger partial charge in [-0.05, 0) is 70.8 Å². The van der Waals surface area contributed by atoms with E-state index in [0.717, 1.165) is 17.2 Å². The van der Waals surface area contributed by atoms with Gasteiger partial charge in [-0.1, -0.05) is 99.3 Å². The van der Waals surface area contributed by atoms with Crippen LogP contribution in [0.5, 0.6) is 6.01 Å². The van der Waals surface area contributed by atoms with E-state index >= 15 is 0 Å². The number of aromatic nitrogens is 4. The number of fused-ring (bicyclic) bond motifs is 2. The Bertz CT molecular complexity index is 3420. The van der Waals surface area contributed by atoms with Crippen molar-refractivity contribution in [2.45, 2.75) is 61.1 Å². The molecule has 2 heterocycles. The predicted octanol–water partition coefficient (Wildman–Crippen LogP) is 9.70. The molecule has 7 N–H and O–H groups in total. The zero-order valence-corrected chi connectivity index (χ0v) is 40.4. The summed E-state index contributed by atoms with van der Waals surface area (Å²) in [4.78, 5) is 55.7. The molecule has 0 spiro atoms. The largest absolute Gasteiger partial charge is 0.479 e. The molecule has 7 aromatic rings. The maximum atomic E-state index is 14.8. The monoisotopic (exact) mass is 1010 g/mol. The highest BCUT2D eigenvalue weighted by molar-refractivity contribution is 7.95. The lowest BCUT2D eigenvalue weighted by Crippen LogP contribution is -2.29. The molecule has 8 rings (SSSR count). The van der Waals surface area contributed by atoms with Gasteiger partial charge in [0, 0.05) is 39.7 Å². The van der Waals surface area contributed by atoms with Crippen molar-refractivity contribution in [1.82, 2.24) is 19.5 Å². The third-order valence-electron chi connectivity index (χ3n) is 11.2. The molecule has 1 aliphatic carbocycles. The first kappa shape index (κ1) is 49.6. The van der Waals surface area contributed by atoms with Gasteiger partial charge in [0.2, 0.25) is 11.9 Å². The number of aryl methyl sites for hydroxylation is 1. The second-order valence-corrected chi connectivity index (χ2v) is 20.3. The van der Waals surface area contributed by atoms with E-state index in [1.165, 1.54) is 35.9 Å². The van der Waals surface area contributed by atoms with E-state index in [1.54, 1.807) is 42.5 Å². The summed E-state index contributed by atoms with van der Waals surface area (Å²) in [5.41, 5.74) is 2.11. The van der Waals surface area contributed by atoms with E-state index < -0.39 is 38.1 Å². The molecule has 0 unspecified atom stereocenters. The third kappa shape index (κ3) is 9.97. The topological polar surface area (TPSA) is 283 Å². The lowest BCUT2D eigenvalue weighted by Gasteiger charge is -2.26. The Hall–Kier alpha value is -6.77. The summed E-state index contributed by atoms with van der Waals surface area (Å²) in [6, 6.07) is 22.9. The number of carbonyl (C=O) groups excluding carboxylic acids is 2. The molecule has 23 heteroatoms. The van der Waals surface area contributed by atoms with E-state index in [2.05, 4.69) is 59.2 Å². The van der Waals surface area contributed by atoms with Crippen LogP contribution in [0.3, 0.4) is 0 Å². The summed E-state index contributed by atoms with van der Waals surface area (Å²) in [5.74, 6) is -1.37. The molecule has 0 saturated carbocycles. The molecule has 0 fully saturated rings. The van der Waals surface area contributed by atoms with E-state index in [9.17, 15) is 32.5 Å². The van der Waals surface area contributed by atoms with Gasteiger partial charge in [-0.3, -0.25) is 18.9 Å². The highest BCUT2D eigenvalue weighted by Crippen LogP contribution is 2.46. The van der Waals surface area contributed by atoms with Crippen LogP contribution in [0.4, 0.5) is 34.6 Å². The minimum Gasteiger partial charge on any atom is -0.479 e. The van der Waals surface area contributed by atoms with Crippen LogP contribution in [-0.4, -0.2) is 59.7 Å². The highest BCUT2D eigenvalue weighted by Gasteiger charge is 2.35. The maximum absolute atomic E-state index is 14.8. The number of nitrogens with zero attached hydrogens (tertiary/aromatic N) is 4. The number of pyridine rings is 1. The molecule has 70 heavy (non-hydrogen) atoms. The van der Waals surface area contributed by atoms with Crippen LogP contribution >= 0.6 is 24.1 Å². The van der Waals surface area contributed by atoms with Crippen molar-refractivity contribution in [1.29, 1.82) is 0 Å². The average molecular weight is 1010 g/mol. The summed E-state index contributed by atoms with van der Waals surface area (Å²) in [7, 11) is -3.63. The molecule has 0 radical (unpaired) electrons. The molecule has 0 bridgehead atoms. The highest BCUT2D eigenvalue weighted by atomic mass is 32.2. The van der Waals surface area contributed by atoms with Crippen molar-refractivity contribution in [3.05, 3.63) is 135 Å². The Kier molecular flexibility index (Phi) is 14.1. The Balaban J connectivity index is 1.28. The SMILES string of the molecule is CC(C)Cc1cccc(C(C)(C)C)c1Nc1nc(O)nc(Nc2cc(Nc3ccc4c5c3C(=O)c3ccccc3-c5c(C(=O)c3cccc(SOOO)c3)c(=O)n4C)c(SOOO)cc2S(=O)(=O)O)n1. The summed E-state index contributed by atoms with van der Waals surface area (Å²) in [5, 5.41) is 45.6. The van der Waals surface area contributed by atoms with Crippen LogP contribution < -0.4 is 21.5 Å². The van der Waals surface area contributed by atoms with E-state index in [4.69, 9.17) is 14.8 Å². The van der Waals surface area contributed by atoms with Gasteiger partial charge in [-0.2, -0.15) is 23.4 Å². The first-order valence-electron chi connectivity index (χ1n) is 21.1. The molecule has 362 valence electrons. The van der Waals surface area contributed by atoms with Crippen LogP contribution in [0.2, 0.25) is 0 Å². The normalized spacial score (nSPS) is 12.3. The van der Waals surface area contributed by atoms with Gasteiger partial charge in [0.1, 0.15) is 4.90 Å². The van der Waals surface area contributed by atoms with Crippen molar-refractivity contribution in [3.63, 3.8) is 0 Å². The van der Waals surface area contributed by atoms with Crippen molar-refractivity contribution >= 4 is 91.3 Å². The van der Waals surface area contributed by atoms with E-state index in [1.807, 2.05) is 39.0 Å². The molecule has 5 aromatic carbocycles. The maximum Gasteiger partial charge on any atom is 0.320 e. The second kappa shape index (κ2) is 19.9. The number of nitrogens with one attached hydrogen (secondary N) is 3. The first-order chi connectivity index (χ1) is 33.3. The fraction of sp³-hybridized carbons (Fsp3) is 0.191. The summed E-state index contributed by atoms with van der Waals surface area (Å²) >= 11 is 0.945. The smallest absolute Gasteiger partial charge is 0.320 e. The number of rotatable bonds is 17. The molecule has 1 aliphatic rings. The molecule has 0 amide bonds. The van der Waals surface area contributed by atoms with Gasteiger partial charge in [-0.15, -0.1) is 8.67 Å². The Morgan fingerprint density at radius 1 is 0.786 bits per heavy atom. The summed E-state index contributed by atoms with van der Waals surface area (Å²) in [6.07, 6.45) is 0.695. The minimum atomic E-state index is -5.09. The third-order valence-corrected chi connectivity index (χ3v) is 13.3. The number of ketones is 2. The van der Waals surface area contributed by atoms with Gasteiger partial charge in [0.25, 0.3) is 15.7 Å². The number of carbonyl (C=O) groups is 2. The van der Waals surface area contributed by atoms with E-state index in [-0.39, 0.29) is 83.9 Å². The van der Waals surface area contributed by atoms with Gasteiger partial charge in [0.05, 0.1) is 62.7 Å². The van der Waals surface area contributed by atoms with Gasteiger partial charge in [0.15, 0.2) is 11.6 Å². The quantitative estimate of drug-likeness (QED) is 0.0147. The summed E-state index contributed by atoms with van der Waals surface area (Å²) in [6.45, 7) is 10.3. The Morgan fingerprint density at radius 3 is 2.16 bits per heavy atom. The van der Waals surface area contributed by atoms with Crippen molar-refractivity contribution in [2.24, 2.45) is 13.0 Å². The molecule has 0 saturated heterocycles. The Morgan fingerprint density at radius 2 is 1.47 bits per heavy atom. The lowest BCUT2D eigenvalue weighted by atomic mass is 9.80. The van der Waals surface area contributed by atoms with Crippen LogP contribution in [0.25, 0.3) is 22.0 Å². The van der Waals surface area contributed by atoms with Crippen LogP contribution in [0.1, 0.15) is 77.6 Å². The van der Waals surface area contributed by atoms with Gasteiger partial charge >= 0.3 is 6.01 Å². The molecular weight excluding hydrogens is 967 g/mol. The number of anilines is 6. The molecule has 20 nitrogen and oxygen atoms in total. The number of benzene rings is 5. The molecular formula is C47H43N7O13S3. The van der Waals surface area contributed by atoms with Crippen LogP contribution in [-0.2, 0) is 47.7 Å². The second-order valence-electron chi connectivity index (χ2n) is 17.3. The molecule has 2 aromatic heterocycles. The fourth-order valence-corrected chi connectivity index (χ4v) is 9.92. The van der Waals surface area contributed by atoms with Gasteiger partial charge < -0.3 is 25.6 Å². The van der Waals surface area contributed by atoms with Crippen molar-refractivity contribution < 1.29 is 56.9 Å². The average Bonchev–Trinajstić information content (AvgIpc) is 3.30. The zero-order chi connectivity index (χ0) is 50.2. The van der Waals surface area contributed by atoms with Gasteiger partial charge in [-0.25, -0.2) is 10.5 Å². The van der Waals surface area contributed by atoms with E-state index in [0.29, 0.717) is 46.7 Å². The number of hydrogen-bond donors (Lipinski definition) is 7. The Labute approximate surface area is 407 Å². The number of para-hydroxylation sites is 1. The van der Waals surface area contributed by atoms with Crippen LogP contribution in [0, 0.1) is 5.92 Å². The van der Waals surface area contributed by atoms with Crippen LogP contribution in [0.15, 0.2) is 110 Å². The zero-order valence-electron chi connectivity index (χ0n) is 37.9. The molecule has 0 aliphatic heterocycles. The number of hydrogen-bond acceptors (Lipinski definition) is 20. The van der Waals surface area contributed by atoms with Crippen molar-refractivity contribution in [3.8, 4) is 17.1 Å². The standard InChI is InChI=1S/C47H43N7O13S3/c1-23(2)19-24-11-10-16-29(47(3,4)5)40(24)50-45-51-44(52-46(58)53-45)49-32-21-31(34(69-67-65-60)22-35(32)70(61,62)63)48-30-17-18-33-38-36(27-14-7-8-15-28(27)42(56)37(30)38)39(43(57)54(33)6)41(55)25-12-9-13-26(20-25)68-66-64-59/h7-18,20-23,48,59-60H,19H2,1-6H3,(H,61,62,63)(H3,49,50,51,52,53,58).